The maximum absolute atomic E-state index is 14.6. The minimum atomic E-state index is -0.411. The molecule has 2 heterocycles. The van der Waals surface area contributed by atoms with Crippen LogP contribution >= 0.6 is 0 Å². The number of pyridine rings is 1. The van der Waals surface area contributed by atoms with Gasteiger partial charge in [0.2, 0.25) is 0 Å². The topological polar surface area (TPSA) is 137 Å². The fourth-order valence-corrected chi connectivity index (χ4v) is 3.89. The van der Waals surface area contributed by atoms with Gasteiger partial charge in [-0.2, -0.15) is 10.1 Å². The number of hydroxylamine groups is 1. The van der Waals surface area contributed by atoms with E-state index in [2.05, 4.69) is 20.6 Å². The predicted molar refractivity (Wildman–Crippen MR) is 128 cm³/mol. The van der Waals surface area contributed by atoms with Crippen molar-refractivity contribution in [2.24, 2.45) is 10.1 Å². The zero-order chi connectivity index (χ0) is 24.8. The van der Waals surface area contributed by atoms with Gasteiger partial charge in [-0.15, -0.1) is 0 Å². The Labute approximate surface area is 201 Å². The Morgan fingerprint density at radius 1 is 1.29 bits per heavy atom. The highest BCUT2D eigenvalue weighted by Crippen LogP contribution is 2.28. The molecular weight excluding hydrogens is 451 g/mol. The van der Waals surface area contributed by atoms with Crippen LogP contribution in [0.15, 0.2) is 52.6 Å². The molecule has 0 fully saturated rings. The van der Waals surface area contributed by atoms with Gasteiger partial charge in [0, 0.05) is 29.0 Å². The molecule has 1 amide bonds. The van der Waals surface area contributed by atoms with Gasteiger partial charge in [-0.3, -0.25) is 19.9 Å². The van der Waals surface area contributed by atoms with Gasteiger partial charge in [-0.1, -0.05) is 6.07 Å². The Balaban J connectivity index is 1.54. The average molecular weight is 478 g/mol. The first-order valence-corrected chi connectivity index (χ1v) is 11.2. The Hall–Kier alpha value is -3.86. The van der Waals surface area contributed by atoms with Crippen LogP contribution in [0.4, 0.5) is 21.6 Å². The number of aliphatic hydroxyl groups is 1. The SMILES string of the molecule is Cc1cc(-c2ccc(N=N)c([NH2+]Cc3cc4c(cc3F)N=CCC4)n2)ccc1C(=O)NOCCO. The maximum Gasteiger partial charge on any atom is 0.275 e. The van der Waals surface area contributed by atoms with Crippen LogP contribution in [0.1, 0.15) is 33.5 Å². The van der Waals surface area contributed by atoms with Crippen molar-refractivity contribution in [2.75, 3.05) is 13.2 Å². The van der Waals surface area contributed by atoms with Gasteiger partial charge in [0.1, 0.15) is 12.4 Å². The van der Waals surface area contributed by atoms with E-state index >= 15 is 0 Å². The van der Waals surface area contributed by atoms with Crippen LogP contribution < -0.4 is 10.8 Å². The van der Waals surface area contributed by atoms with Crippen LogP contribution in [-0.2, 0) is 17.8 Å². The van der Waals surface area contributed by atoms with E-state index in [1.807, 2.05) is 12.1 Å². The number of carbonyl (C=O) groups is 1. The normalized spacial score (nSPS) is 12.3. The summed E-state index contributed by atoms with van der Waals surface area (Å²) in [6.45, 7) is 1.90. The number of benzene rings is 2. The summed E-state index contributed by atoms with van der Waals surface area (Å²) in [6.07, 6.45) is 3.47. The van der Waals surface area contributed by atoms with E-state index in [1.165, 1.54) is 6.07 Å². The molecule has 0 atom stereocenters. The van der Waals surface area contributed by atoms with Crippen molar-refractivity contribution in [3.8, 4) is 11.3 Å². The Bertz CT molecular complexity index is 1290. The molecule has 0 saturated heterocycles. The van der Waals surface area contributed by atoms with Crippen LogP contribution in [0.2, 0.25) is 0 Å². The van der Waals surface area contributed by atoms with Crippen molar-refractivity contribution in [3.63, 3.8) is 0 Å². The molecule has 35 heavy (non-hydrogen) atoms. The first-order chi connectivity index (χ1) is 17.0. The summed E-state index contributed by atoms with van der Waals surface area (Å²) < 4.78 is 14.6. The lowest BCUT2D eigenvalue weighted by Gasteiger charge is -2.12. The molecule has 0 bridgehead atoms. The molecule has 0 unspecified atom stereocenters. The van der Waals surface area contributed by atoms with Gasteiger partial charge in [-0.05, 0) is 61.2 Å². The third-order valence-electron chi connectivity index (χ3n) is 5.68. The van der Waals surface area contributed by atoms with E-state index in [9.17, 15) is 9.18 Å². The second-order valence-electron chi connectivity index (χ2n) is 8.08. The van der Waals surface area contributed by atoms with Crippen molar-refractivity contribution in [3.05, 3.63) is 70.5 Å². The highest BCUT2D eigenvalue weighted by molar-refractivity contribution is 5.95. The number of hydrogen-bond donors (Lipinski definition) is 4. The van der Waals surface area contributed by atoms with Crippen molar-refractivity contribution in [2.45, 2.75) is 26.3 Å². The summed E-state index contributed by atoms with van der Waals surface area (Å²) in [4.78, 5) is 26.1. The largest absolute Gasteiger partial charge is 0.394 e. The number of aliphatic hydroxyl groups excluding tert-OH is 1. The summed E-state index contributed by atoms with van der Waals surface area (Å²) >= 11 is 0. The zero-order valence-electron chi connectivity index (χ0n) is 19.2. The van der Waals surface area contributed by atoms with Gasteiger partial charge >= 0.3 is 0 Å². The van der Waals surface area contributed by atoms with E-state index in [0.717, 1.165) is 24.0 Å². The van der Waals surface area contributed by atoms with Crippen molar-refractivity contribution < 1.29 is 24.4 Å². The first kappa shape index (κ1) is 24.3. The van der Waals surface area contributed by atoms with Crippen molar-refractivity contribution >= 4 is 29.3 Å². The number of fused-ring (bicyclic) bond motifs is 1. The summed E-state index contributed by atoms with van der Waals surface area (Å²) in [5, 5.41) is 14.1. The zero-order valence-corrected chi connectivity index (χ0v) is 19.2. The van der Waals surface area contributed by atoms with Gasteiger partial charge in [0.25, 0.3) is 11.7 Å². The molecule has 9 nitrogen and oxygen atoms in total. The quantitative estimate of drug-likeness (QED) is 0.213. The van der Waals surface area contributed by atoms with Crippen molar-refractivity contribution in [1.29, 1.82) is 5.53 Å². The minimum absolute atomic E-state index is 0.00274. The summed E-state index contributed by atoms with van der Waals surface area (Å²) in [6, 6.07) is 12.0. The molecule has 1 aliphatic heterocycles. The molecular formula is C25H26FN6O3+. The summed E-state index contributed by atoms with van der Waals surface area (Å²) in [7, 11) is 0. The fourth-order valence-electron chi connectivity index (χ4n) is 3.89. The molecule has 0 saturated carbocycles. The van der Waals surface area contributed by atoms with Crippen LogP contribution in [-0.4, -0.2) is 35.4 Å². The summed E-state index contributed by atoms with van der Waals surface area (Å²) in [5.74, 6) is -0.262. The third kappa shape index (κ3) is 5.62. The van der Waals surface area contributed by atoms with Crippen LogP contribution in [0.3, 0.4) is 0 Å². The smallest absolute Gasteiger partial charge is 0.275 e. The molecule has 0 radical (unpaired) electrons. The van der Waals surface area contributed by atoms with Gasteiger partial charge in [-0.25, -0.2) is 15.4 Å². The van der Waals surface area contributed by atoms with E-state index in [-0.39, 0.29) is 19.0 Å². The second-order valence-corrected chi connectivity index (χ2v) is 8.08. The molecule has 1 aliphatic rings. The van der Waals surface area contributed by atoms with Crippen LogP contribution in [0, 0.1) is 18.3 Å². The number of nitrogens with two attached hydrogens (primary N) is 1. The lowest BCUT2D eigenvalue weighted by Crippen LogP contribution is -2.76. The highest BCUT2D eigenvalue weighted by Gasteiger charge is 2.17. The number of carbonyl (C=O) groups excluding carboxylic acids is 1. The molecule has 2 aromatic carbocycles. The number of aliphatic imine (C=N–C) groups is 1. The Kier molecular flexibility index (Phi) is 7.66. The molecule has 4 rings (SSSR count). The first-order valence-electron chi connectivity index (χ1n) is 11.2. The molecule has 180 valence electrons. The molecule has 0 aliphatic carbocycles. The second kappa shape index (κ2) is 11.0. The number of nitrogens with zero attached hydrogens (tertiary/aromatic N) is 3. The van der Waals surface area contributed by atoms with Crippen molar-refractivity contribution in [1.82, 2.24) is 10.5 Å². The lowest BCUT2D eigenvalue weighted by molar-refractivity contribution is -0.591. The maximum atomic E-state index is 14.6. The number of nitrogens with one attached hydrogen (secondary N) is 2. The van der Waals surface area contributed by atoms with Crippen LogP contribution in [0.25, 0.3) is 11.3 Å². The van der Waals surface area contributed by atoms with E-state index in [1.54, 1.807) is 42.7 Å². The fraction of sp³-hybridized carbons (Fsp3) is 0.240. The van der Waals surface area contributed by atoms with Gasteiger partial charge < -0.3 is 5.11 Å². The van der Waals surface area contributed by atoms with E-state index < -0.39 is 5.91 Å². The molecule has 10 heteroatoms. The average Bonchev–Trinajstić information content (AvgIpc) is 2.87. The molecule has 1 aromatic heterocycles. The van der Waals surface area contributed by atoms with Gasteiger partial charge in [0.15, 0.2) is 5.69 Å². The van der Waals surface area contributed by atoms with Gasteiger partial charge in [0.05, 0.1) is 24.6 Å². The number of halogens is 1. The summed E-state index contributed by atoms with van der Waals surface area (Å²) in [5.41, 5.74) is 15.0. The number of quaternary nitrogens is 1. The number of hydrogen-bond acceptors (Lipinski definition) is 7. The van der Waals surface area contributed by atoms with E-state index in [0.29, 0.717) is 46.1 Å². The number of rotatable bonds is 9. The monoisotopic (exact) mass is 477 g/mol. The predicted octanol–water partition coefficient (Wildman–Crippen LogP) is 3.56. The molecule has 3 aromatic rings. The number of amides is 1. The number of aromatic nitrogens is 1. The Morgan fingerprint density at radius 3 is 2.91 bits per heavy atom. The van der Waals surface area contributed by atoms with E-state index in [4.69, 9.17) is 15.5 Å². The standard InChI is InChI=1S/C25H25FN6O3/c1-15-11-17(4-5-19(15)25(34)32-35-10-9-33)21-6-7-22(31-27)24(30-21)29-14-18-12-16-3-2-8-28-23(16)13-20(18)26/h4-8,11-13,27,33H,2-3,9-10,14H2,1H3,(H,29,30)(H,32,34)/p+1. The highest BCUT2D eigenvalue weighted by atomic mass is 19.1. The third-order valence-corrected chi connectivity index (χ3v) is 5.68. The molecule has 0 spiro atoms. The lowest BCUT2D eigenvalue weighted by atomic mass is 10.0. The molecule has 5 N–H and O–H groups in total. The Morgan fingerprint density at radius 2 is 2.14 bits per heavy atom. The number of aryl methyl sites for hydroxylation is 2. The van der Waals surface area contributed by atoms with Crippen LogP contribution in [0.5, 0.6) is 0 Å². The minimum Gasteiger partial charge on any atom is -0.394 e.